The fourth-order valence-corrected chi connectivity index (χ4v) is 4.35. The number of benzene rings is 3. The Balaban J connectivity index is 1.78. The minimum Gasteiger partial charge on any atom is -0.497 e. The van der Waals surface area contributed by atoms with E-state index in [4.69, 9.17) is 28.5 Å². The van der Waals surface area contributed by atoms with Crippen LogP contribution in [0, 0.1) is 0 Å². The first kappa shape index (κ1) is 18.7. The fraction of sp³-hybridized carbons (Fsp3) is 0.0952. The molecule has 5 rings (SSSR count). The molecule has 3 aromatic rings. The third-order valence-electron chi connectivity index (χ3n) is 5.12. The lowest BCUT2D eigenvalue weighted by Crippen LogP contribution is -2.33. The number of hydrogen-bond donors (Lipinski definition) is 2. The fourth-order valence-electron chi connectivity index (χ4n) is 3.96. The van der Waals surface area contributed by atoms with Gasteiger partial charge in [0.1, 0.15) is 23.0 Å². The zero-order chi connectivity index (χ0) is 21.1. The van der Waals surface area contributed by atoms with Crippen LogP contribution >= 0.6 is 7.82 Å². The summed E-state index contributed by atoms with van der Waals surface area (Å²) in [6.07, 6.45) is 0. The maximum Gasteiger partial charge on any atom is 0.524 e. The van der Waals surface area contributed by atoms with E-state index in [0.29, 0.717) is 33.8 Å². The lowest BCUT2D eigenvalue weighted by molar-refractivity contribution is 0.0224. The van der Waals surface area contributed by atoms with E-state index >= 15 is 0 Å². The van der Waals surface area contributed by atoms with Gasteiger partial charge in [-0.25, -0.2) is 9.36 Å². The van der Waals surface area contributed by atoms with Crippen LogP contribution < -0.4 is 14.0 Å². The van der Waals surface area contributed by atoms with E-state index in [0.717, 1.165) is 0 Å². The van der Waals surface area contributed by atoms with Gasteiger partial charge in [-0.15, -0.1) is 0 Å². The minimum atomic E-state index is -4.76. The van der Waals surface area contributed by atoms with Gasteiger partial charge in [0, 0.05) is 28.8 Å². The first-order chi connectivity index (χ1) is 14.3. The lowest BCUT2D eigenvalue weighted by Gasteiger charge is -2.36. The number of carbonyl (C=O) groups is 1. The van der Waals surface area contributed by atoms with Gasteiger partial charge in [-0.1, -0.05) is 18.2 Å². The van der Waals surface area contributed by atoms with Gasteiger partial charge in [0.15, 0.2) is 5.60 Å². The molecule has 0 aliphatic carbocycles. The number of rotatable bonds is 3. The van der Waals surface area contributed by atoms with E-state index in [1.54, 1.807) is 36.4 Å². The van der Waals surface area contributed by atoms with Crippen molar-refractivity contribution in [3.8, 4) is 23.0 Å². The van der Waals surface area contributed by atoms with Crippen molar-refractivity contribution in [3.63, 3.8) is 0 Å². The molecule has 2 aliphatic heterocycles. The van der Waals surface area contributed by atoms with E-state index in [-0.39, 0.29) is 11.5 Å². The van der Waals surface area contributed by atoms with E-state index < -0.39 is 19.4 Å². The number of methoxy groups -OCH3 is 1. The number of phosphoric acid groups is 1. The van der Waals surface area contributed by atoms with Gasteiger partial charge < -0.3 is 18.7 Å². The van der Waals surface area contributed by atoms with Crippen LogP contribution in [0.2, 0.25) is 0 Å². The van der Waals surface area contributed by atoms with Crippen molar-refractivity contribution in [1.29, 1.82) is 0 Å². The highest BCUT2D eigenvalue weighted by molar-refractivity contribution is 7.46. The van der Waals surface area contributed by atoms with Crippen LogP contribution in [0.4, 0.5) is 0 Å². The van der Waals surface area contributed by atoms with Crippen molar-refractivity contribution in [2.75, 3.05) is 7.11 Å². The smallest absolute Gasteiger partial charge is 0.497 e. The molecule has 3 aromatic carbocycles. The first-order valence-corrected chi connectivity index (χ1v) is 10.4. The Morgan fingerprint density at radius 2 is 1.53 bits per heavy atom. The molecule has 1 spiro atoms. The summed E-state index contributed by atoms with van der Waals surface area (Å²) in [5.74, 6) is 0.607. The van der Waals surface area contributed by atoms with Gasteiger partial charge in [0.25, 0.3) is 0 Å². The molecular formula is C21H15O8P. The average molecular weight is 426 g/mol. The van der Waals surface area contributed by atoms with Gasteiger partial charge in [-0.05, 0) is 30.3 Å². The molecule has 0 fully saturated rings. The summed E-state index contributed by atoms with van der Waals surface area (Å²) in [5.41, 5.74) is 0.926. The second-order valence-electron chi connectivity index (χ2n) is 6.82. The quantitative estimate of drug-likeness (QED) is 0.481. The second-order valence-corrected chi connectivity index (χ2v) is 7.98. The highest BCUT2D eigenvalue weighted by Gasteiger charge is 2.53. The minimum absolute atomic E-state index is 0.0822. The topological polar surface area (TPSA) is 112 Å². The third kappa shape index (κ3) is 2.69. The highest BCUT2D eigenvalue weighted by atomic mass is 31.2. The maximum absolute atomic E-state index is 12.7. The molecule has 8 nitrogen and oxygen atoms in total. The number of hydrogen-bond acceptors (Lipinski definition) is 6. The van der Waals surface area contributed by atoms with E-state index in [1.807, 2.05) is 12.1 Å². The average Bonchev–Trinajstić information content (AvgIpc) is 3.00. The van der Waals surface area contributed by atoms with Gasteiger partial charge in [-0.2, -0.15) is 0 Å². The van der Waals surface area contributed by atoms with Crippen LogP contribution in [-0.4, -0.2) is 22.9 Å². The molecule has 152 valence electrons. The molecule has 0 saturated carbocycles. The number of fused-ring (bicyclic) bond motifs is 6. The number of esters is 1. The molecule has 0 unspecified atom stereocenters. The van der Waals surface area contributed by atoms with Gasteiger partial charge in [0.2, 0.25) is 0 Å². The molecule has 0 bridgehead atoms. The number of phosphoric ester groups is 1. The van der Waals surface area contributed by atoms with Crippen molar-refractivity contribution >= 4 is 13.8 Å². The Bertz CT molecular complexity index is 1250. The molecule has 2 heterocycles. The Labute approximate surface area is 170 Å². The summed E-state index contributed by atoms with van der Waals surface area (Å²) in [6, 6.07) is 16.6. The largest absolute Gasteiger partial charge is 0.524 e. The van der Waals surface area contributed by atoms with E-state index in [2.05, 4.69) is 0 Å². The lowest BCUT2D eigenvalue weighted by atomic mass is 9.77. The predicted octanol–water partition coefficient (Wildman–Crippen LogP) is 3.73. The first-order valence-electron chi connectivity index (χ1n) is 8.91. The van der Waals surface area contributed by atoms with Gasteiger partial charge >= 0.3 is 13.8 Å². The standard InChI is InChI=1S/C21H15O8P/c1-26-12-6-8-16-18(10-12)27-19-11-13(29-30(23,24)25)7-9-17(19)21(16)15-5-3-2-4-14(15)20(22)28-21/h2-11H,1H3,(H2,23,24,25)/t21-/m0/s1. The Morgan fingerprint density at radius 1 is 0.900 bits per heavy atom. The van der Waals surface area contributed by atoms with Crippen molar-refractivity contribution < 1.29 is 37.9 Å². The zero-order valence-electron chi connectivity index (χ0n) is 15.6. The Morgan fingerprint density at radius 3 is 2.20 bits per heavy atom. The molecule has 1 atom stereocenters. The van der Waals surface area contributed by atoms with E-state index in [1.165, 1.54) is 19.2 Å². The second kappa shape index (κ2) is 6.34. The van der Waals surface area contributed by atoms with Crippen molar-refractivity contribution in [3.05, 3.63) is 82.9 Å². The molecule has 0 amide bonds. The van der Waals surface area contributed by atoms with Gasteiger partial charge in [-0.3, -0.25) is 9.79 Å². The van der Waals surface area contributed by atoms with Crippen LogP contribution in [-0.2, 0) is 14.9 Å². The maximum atomic E-state index is 12.7. The normalized spacial score (nSPS) is 18.7. The van der Waals surface area contributed by atoms with Crippen molar-refractivity contribution in [2.45, 2.75) is 5.60 Å². The number of ether oxygens (including phenoxy) is 3. The number of carbonyl (C=O) groups excluding carboxylic acids is 1. The van der Waals surface area contributed by atoms with Crippen LogP contribution in [0.25, 0.3) is 0 Å². The van der Waals surface area contributed by atoms with Crippen molar-refractivity contribution in [2.24, 2.45) is 0 Å². The molecule has 0 saturated heterocycles. The summed E-state index contributed by atoms with van der Waals surface area (Å²) in [4.78, 5) is 31.0. The molecule has 0 aromatic heterocycles. The summed E-state index contributed by atoms with van der Waals surface area (Å²) in [5, 5.41) is 0. The van der Waals surface area contributed by atoms with Gasteiger partial charge in [0.05, 0.1) is 12.7 Å². The molecule has 30 heavy (non-hydrogen) atoms. The summed E-state index contributed by atoms with van der Waals surface area (Å²) in [7, 11) is -3.24. The van der Waals surface area contributed by atoms with Crippen molar-refractivity contribution in [1.82, 2.24) is 0 Å². The summed E-state index contributed by atoms with van der Waals surface area (Å²) >= 11 is 0. The highest BCUT2D eigenvalue weighted by Crippen LogP contribution is 2.57. The predicted molar refractivity (Wildman–Crippen MR) is 104 cm³/mol. The molecule has 0 radical (unpaired) electrons. The van der Waals surface area contributed by atoms with Crippen LogP contribution in [0.3, 0.4) is 0 Å². The molecule has 2 aliphatic rings. The zero-order valence-corrected chi connectivity index (χ0v) is 16.5. The monoisotopic (exact) mass is 426 g/mol. The molecular weight excluding hydrogens is 411 g/mol. The summed E-state index contributed by atoms with van der Waals surface area (Å²) < 4.78 is 33.2. The SMILES string of the molecule is COc1ccc2c(c1)Oc1cc(OP(=O)(O)O)ccc1[C@@]21OC(=O)c2ccccc21. The molecule has 9 heteroatoms. The van der Waals surface area contributed by atoms with E-state index in [9.17, 15) is 9.36 Å². The van der Waals surface area contributed by atoms with Crippen LogP contribution in [0.5, 0.6) is 23.0 Å². The summed E-state index contributed by atoms with van der Waals surface area (Å²) in [6.45, 7) is 0. The molecule has 2 N–H and O–H groups in total. The Hall–Kier alpha value is -3.32. The van der Waals surface area contributed by atoms with Crippen LogP contribution in [0.1, 0.15) is 27.0 Å². The van der Waals surface area contributed by atoms with Crippen LogP contribution in [0.15, 0.2) is 60.7 Å². The Kier molecular flexibility index (Phi) is 3.95. The third-order valence-corrected chi connectivity index (χ3v) is 5.57.